The van der Waals surface area contributed by atoms with Gasteiger partial charge in [0.25, 0.3) is 17.7 Å². The number of carbonyl (C=O) groups is 5. The van der Waals surface area contributed by atoms with Gasteiger partial charge in [0, 0.05) is 81.7 Å². The number of hydrazone groups is 2. The van der Waals surface area contributed by atoms with Crippen LogP contribution < -0.4 is 26.8 Å². The van der Waals surface area contributed by atoms with Crippen LogP contribution in [0.2, 0.25) is 0 Å². The first-order valence-electron chi connectivity index (χ1n) is 14.8. The molecule has 0 fully saturated rings. The molecule has 4 aromatic rings. The molecule has 20 heteroatoms. The quantitative estimate of drug-likeness (QED) is 0.0908. The van der Waals surface area contributed by atoms with Crippen LogP contribution in [0.3, 0.4) is 0 Å². The number of carbonyl (C=O) groups excluding carboxylic acids is 3. The average molecular weight is 734 g/mol. The fourth-order valence-corrected chi connectivity index (χ4v) is 4.88. The molecule has 53 heavy (non-hydrogen) atoms. The SMILES string of the molecule is Nc1cccc(N2N=C(C(=O)O)C(N=Nc3ccc(C(=O)Nc4cccc(N=NC5C(=O)N(c6cccc(N)c6)N=C5C(=O)O)c4)cc3)C2=O)c1.[Na].[Na]. The van der Waals surface area contributed by atoms with Crippen LogP contribution in [0.1, 0.15) is 10.4 Å². The van der Waals surface area contributed by atoms with E-state index in [-0.39, 0.29) is 87.4 Å². The maximum Gasteiger partial charge on any atom is 0.355 e. The van der Waals surface area contributed by atoms with Gasteiger partial charge in [0.05, 0.1) is 22.7 Å². The summed E-state index contributed by atoms with van der Waals surface area (Å²) in [6.07, 6.45) is 0. The van der Waals surface area contributed by atoms with Crippen LogP contribution in [0.25, 0.3) is 0 Å². The van der Waals surface area contributed by atoms with E-state index in [2.05, 4.69) is 36.0 Å². The molecular formula is C33H25N11Na2O7. The monoisotopic (exact) mass is 733 g/mol. The maximum absolute atomic E-state index is 13.0. The van der Waals surface area contributed by atoms with Gasteiger partial charge in [-0.05, 0) is 78.9 Å². The number of nitrogens with one attached hydrogen (secondary N) is 1. The Balaban J connectivity index is 0.00000314. The van der Waals surface area contributed by atoms with E-state index in [1.54, 1.807) is 48.5 Å². The van der Waals surface area contributed by atoms with Gasteiger partial charge in [-0.15, -0.1) is 0 Å². The number of nitrogens with two attached hydrogens (primary N) is 2. The van der Waals surface area contributed by atoms with Gasteiger partial charge in [0.2, 0.25) is 12.1 Å². The van der Waals surface area contributed by atoms with Crippen molar-refractivity contribution in [2.75, 3.05) is 26.8 Å². The largest absolute Gasteiger partial charge is 0.477 e. The number of amides is 3. The average Bonchev–Trinajstić information content (AvgIpc) is 3.62. The maximum atomic E-state index is 13.0. The number of rotatable bonds is 10. The summed E-state index contributed by atoms with van der Waals surface area (Å²) >= 11 is 0. The zero-order valence-corrected chi connectivity index (χ0v) is 32.1. The van der Waals surface area contributed by atoms with Gasteiger partial charge in [-0.3, -0.25) is 14.4 Å². The minimum atomic E-state index is -1.52. The van der Waals surface area contributed by atoms with Crippen LogP contribution in [0, 0.1) is 0 Å². The fourth-order valence-electron chi connectivity index (χ4n) is 4.88. The molecule has 2 aliphatic rings. The van der Waals surface area contributed by atoms with Crippen LogP contribution in [-0.4, -0.2) is 122 Å². The summed E-state index contributed by atoms with van der Waals surface area (Å²) in [5.41, 5.74) is 12.7. The Morgan fingerprint density at radius 1 is 0.642 bits per heavy atom. The molecule has 6 rings (SSSR count). The van der Waals surface area contributed by atoms with E-state index >= 15 is 0 Å². The molecule has 2 aliphatic heterocycles. The Labute approximate surface area is 343 Å². The van der Waals surface area contributed by atoms with E-state index in [1.165, 1.54) is 48.5 Å². The van der Waals surface area contributed by atoms with Gasteiger partial charge in [-0.2, -0.15) is 40.7 Å². The molecule has 2 heterocycles. The van der Waals surface area contributed by atoms with Crippen molar-refractivity contribution in [3.8, 4) is 0 Å². The molecule has 2 unspecified atom stereocenters. The number of aliphatic carboxylic acids is 2. The second-order valence-corrected chi connectivity index (χ2v) is 10.9. The second-order valence-electron chi connectivity index (χ2n) is 10.9. The van der Waals surface area contributed by atoms with Crippen molar-refractivity contribution >= 4 is 140 Å². The summed E-state index contributed by atoms with van der Waals surface area (Å²) in [7, 11) is 0. The van der Waals surface area contributed by atoms with Gasteiger partial charge < -0.3 is 27.0 Å². The van der Waals surface area contributed by atoms with E-state index in [4.69, 9.17) is 11.5 Å². The van der Waals surface area contributed by atoms with Gasteiger partial charge in [0.1, 0.15) is 0 Å². The number of nitrogens with zero attached hydrogens (tertiary/aromatic N) is 8. The third-order valence-electron chi connectivity index (χ3n) is 7.30. The Hall–Kier alpha value is -5.63. The minimum absolute atomic E-state index is 0. The number of hydrogen-bond acceptors (Lipinski definition) is 13. The van der Waals surface area contributed by atoms with Gasteiger partial charge in [-0.1, -0.05) is 18.2 Å². The van der Waals surface area contributed by atoms with Gasteiger partial charge in [-0.25, -0.2) is 9.59 Å². The number of carboxylic acid groups (broad SMARTS) is 2. The summed E-state index contributed by atoms with van der Waals surface area (Å²) in [5.74, 6) is -4.87. The van der Waals surface area contributed by atoms with Crippen molar-refractivity contribution in [3.63, 3.8) is 0 Å². The molecule has 0 spiro atoms. The number of hydrogen-bond donors (Lipinski definition) is 5. The van der Waals surface area contributed by atoms with Crippen molar-refractivity contribution in [1.29, 1.82) is 0 Å². The van der Waals surface area contributed by atoms with Crippen LogP contribution >= 0.6 is 0 Å². The molecule has 2 radical (unpaired) electrons. The Bertz CT molecular complexity index is 2230. The topological polar surface area (TPSA) is 271 Å². The molecule has 256 valence electrons. The van der Waals surface area contributed by atoms with Crippen molar-refractivity contribution in [2.24, 2.45) is 30.7 Å². The molecule has 0 aliphatic carbocycles. The van der Waals surface area contributed by atoms with E-state index in [0.717, 1.165) is 10.0 Å². The summed E-state index contributed by atoms with van der Waals surface area (Å²) in [5, 5.41) is 47.4. The van der Waals surface area contributed by atoms with Crippen molar-refractivity contribution in [3.05, 3.63) is 103 Å². The Kier molecular flexibility index (Phi) is 13.1. The normalized spacial score (nSPS) is 16.6. The first kappa shape index (κ1) is 40.1. The first-order chi connectivity index (χ1) is 24.5. The zero-order chi connectivity index (χ0) is 36.2. The van der Waals surface area contributed by atoms with Crippen LogP contribution in [0.4, 0.5) is 39.8 Å². The molecule has 18 nitrogen and oxygen atoms in total. The predicted molar refractivity (Wildman–Crippen MR) is 196 cm³/mol. The number of anilines is 5. The smallest absolute Gasteiger partial charge is 0.355 e. The summed E-state index contributed by atoms with van der Waals surface area (Å²) < 4.78 is 0. The van der Waals surface area contributed by atoms with Crippen molar-refractivity contribution < 1.29 is 34.2 Å². The molecule has 7 N–H and O–H groups in total. The van der Waals surface area contributed by atoms with E-state index in [9.17, 15) is 34.2 Å². The summed E-state index contributed by atoms with van der Waals surface area (Å²) in [6.45, 7) is 0. The Morgan fingerprint density at radius 3 is 1.58 bits per heavy atom. The van der Waals surface area contributed by atoms with E-state index in [1.807, 2.05) is 0 Å². The zero-order valence-electron chi connectivity index (χ0n) is 28.1. The van der Waals surface area contributed by atoms with Crippen molar-refractivity contribution in [1.82, 2.24) is 0 Å². The van der Waals surface area contributed by atoms with Crippen LogP contribution in [-0.2, 0) is 19.2 Å². The molecule has 2 atom stereocenters. The van der Waals surface area contributed by atoms with Crippen LogP contribution in [0.5, 0.6) is 0 Å². The molecular weight excluding hydrogens is 708 g/mol. The minimum Gasteiger partial charge on any atom is -0.477 e. The molecule has 0 saturated heterocycles. The standard InChI is InChI=1S/C33H25N11O7.2Na/c34-18-4-1-8-23(14-18)43-30(46)25(27(41-43)32(48)49)39-37-20-12-10-17(11-13-20)29(45)36-21-6-3-7-22(16-21)38-40-26-28(33(50)51)42-44(31(26)47)24-9-2-5-19(35)15-24;;/h1-16,25-26H,34-35H2,(H,36,45)(H,48,49)(H,50,51);;. The predicted octanol–water partition coefficient (Wildman–Crippen LogP) is 3.22. The number of azo groups is 2. The molecule has 3 amide bonds. The molecule has 0 aromatic heterocycles. The van der Waals surface area contributed by atoms with E-state index < -0.39 is 53.2 Å². The number of nitrogen functional groups attached to an aromatic ring is 2. The van der Waals surface area contributed by atoms with Crippen LogP contribution in [0.15, 0.2) is 128 Å². The second kappa shape index (κ2) is 17.3. The van der Waals surface area contributed by atoms with Gasteiger partial charge >= 0.3 is 11.9 Å². The van der Waals surface area contributed by atoms with Gasteiger partial charge in [0.15, 0.2) is 11.4 Å². The molecule has 0 saturated carbocycles. The Morgan fingerprint density at radius 2 is 1.11 bits per heavy atom. The van der Waals surface area contributed by atoms with E-state index in [0.29, 0.717) is 17.1 Å². The first-order valence-corrected chi connectivity index (χ1v) is 14.8. The number of carboxylic acids is 2. The molecule has 4 aromatic carbocycles. The fraction of sp³-hybridized carbons (Fsp3) is 0.0606. The molecule has 0 bridgehead atoms. The number of benzene rings is 4. The summed E-state index contributed by atoms with van der Waals surface area (Å²) in [6, 6.07) is 21.3. The third kappa shape index (κ3) is 9.06. The van der Waals surface area contributed by atoms with Crippen molar-refractivity contribution in [2.45, 2.75) is 12.1 Å². The summed E-state index contributed by atoms with van der Waals surface area (Å²) in [4.78, 5) is 62.6. The third-order valence-corrected chi connectivity index (χ3v) is 7.30.